The van der Waals surface area contributed by atoms with Crippen LogP contribution in [-0.4, -0.2) is 24.9 Å². The minimum atomic E-state index is 0. The molecular formula is H4AlBPZr. The van der Waals surface area contributed by atoms with Crippen molar-refractivity contribution in [2.45, 2.75) is 0 Å². The average molecular weight is 164 g/mol. The molecule has 4 heteroatoms. The molecule has 0 amide bonds. The molecule has 0 aliphatic rings. The molecular weight excluding hydrogens is 160 g/mol. The first-order chi connectivity index (χ1) is 1.00. The molecule has 0 bridgehead atoms. The van der Waals surface area contributed by atoms with Gasteiger partial charge in [0.1, 0.15) is 17.4 Å². The van der Waals surface area contributed by atoms with E-state index in [1.54, 1.807) is 0 Å². The van der Waals surface area contributed by atoms with Gasteiger partial charge in [0.15, 0.2) is 0 Å². The summed E-state index contributed by atoms with van der Waals surface area (Å²) in [7, 11) is 6.33. The Morgan fingerprint density at radius 1 is 1.25 bits per heavy atom. The molecule has 3 radical (unpaired) electrons. The van der Waals surface area contributed by atoms with Crippen LogP contribution in [0.2, 0.25) is 0 Å². The third kappa shape index (κ3) is 9.08. The third-order valence-electron chi connectivity index (χ3n) is 0. The fourth-order valence-electron chi connectivity index (χ4n) is 0. The molecule has 0 heterocycles. The first-order valence-electron chi connectivity index (χ1n) is 0.333. The van der Waals surface area contributed by atoms with Gasteiger partial charge in [-0.15, -0.1) is 0 Å². The van der Waals surface area contributed by atoms with E-state index in [0.717, 1.165) is 0 Å². The Labute approximate surface area is 59.9 Å². The van der Waals surface area contributed by atoms with Gasteiger partial charge in [0.2, 0.25) is 0 Å². The van der Waals surface area contributed by atoms with Gasteiger partial charge in [0, 0.05) is 26.2 Å². The van der Waals surface area contributed by atoms with Crippen molar-refractivity contribution in [3.8, 4) is 0 Å². The van der Waals surface area contributed by atoms with Crippen LogP contribution >= 0.6 is 9.12 Å². The second-order valence-electron chi connectivity index (χ2n) is 0. The van der Waals surface area contributed by atoms with E-state index in [1.807, 2.05) is 9.12 Å². The topological polar surface area (TPSA) is 0 Å². The summed E-state index contributed by atoms with van der Waals surface area (Å²) in [5.74, 6) is 0. The molecule has 0 aliphatic heterocycles. The Kier molecular flexibility index (Phi) is 86.5. The van der Waals surface area contributed by atoms with Crippen molar-refractivity contribution in [1.29, 1.82) is 0 Å². The summed E-state index contributed by atoms with van der Waals surface area (Å²) in [6.45, 7) is 0. The predicted octanol–water partition coefficient (Wildman–Crippen LogP) is -0.974. The van der Waals surface area contributed by atoms with Gasteiger partial charge < -0.3 is 0 Å². The molecule has 1 unspecified atom stereocenters. The van der Waals surface area contributed by atoms with Gasteiger partial charge in [-0.3, -0.25) is 0 Å². The summed E-state index contributed by atoms with van der Waals surface area (Å²) in [6.07, 6.45) is 0. The average Bonchev–Trinajstić information content (AvgIpc) is 1.00. The van der Waals surface area contributed by atoms with E-state index >= 15 is 0 Å². The number of hydrogen-bond acceptors (Lipinski definition) is 0. The largest absolute Gasteiger partial charge is 0.187 e. The fourth-order valence-corrected chi connectivity index (χ4v) is 0. The molecule has 0 aromatic carbocycles. The third-order valence-corrected chi connectivity index (χ3v) is 0. The van der Waals surface area contributed by atoms with Crippen molar-refractivity contribution in [3.63, 3.8) is 0 Å². The van der Waals surface area contributed by atoms with Crippen LogP contribution < -0.4 is 0 Å². The molecule has 0 nitrogen and oxygen atoms in total. The van der Waals surface area contributed by atoms with Gasteiger partial charge in [-0.2, -0.15) is 9.12 Å². The molecule has 19 valence electrons. The maximum Gasteiger partial charge on any atom is 0.146 e. The summed E-state index contributed by atoms with van der Waals surface area (Å²) in [5, 5.41) is 0. The van der Waals surface area contributed by atoms with Gasteiger partial charge in [0.25, 0.3) is 0 Å². The molecule has 0 aromatic heterocycles. The summed E-state index contributed by atoms with van der Waals surface area (Å²) in [5.41, 5.74) is 0. The van der Waals surface area contributed by atoms with Crippen molar-refractivity contribution in [3.05, 3.63) is 0 Å². The number of rotatable bonds is 0. The monoisotopic (exact) mass is 163 g/mol. The van der Waals surface area contributed by atoms with Crippen LogP contribution in [0.25, 0.3) is 0 Å². The van der Waals surface area contributed by atoms with Crippen LogP contribution in [0.4, 0.5) is 0 Å². The van der Waals surface area contributed by atoms with Crippen LogP contribution in [0.5, 0.6) is 0 Å². The maximum absolute atomic E-state index is 4.42. The Morgan fingerprint density at radius 3 is 1.25 bits per heavy atom. The van der Waals surface area contributed by atoms with Crippen LogP contribution in [0.1, 0.15) is 0 Å². The van der Waals surface area contributed by atoms with Gasteiger partial charge in [-0.1, -0.05) is 0 Å². The zero-order valence-electron chi connectivity index (χ0n) is 2.65. The molecule has 0 fully saturated rings. The van der Waals surface area contributed by atoms with Gasteiger partial charge in [-0.25, -0.2) is 0 Å². The summed E-state index contributed by atoms with van der Waals surface area (Å²) in [4.78, 5) is 0. The molecule has 0 spiro atoms. The quantitative estimate of drug-likeness (QED) is 0.319. The zero-order chi connectivity index (χ0) is 2.00. The smallest absolute Gasteiger partial charge is 0.146 e. The van der Waals surface area contributed by atoms with Crippen molar-refractivity contribution in [2.24, 2.45) is 0 Å². The number of hydrogen-bond donors (Lipinski definition) is 0. The normalized spacial score (nSPS) is 1.25. The summed E-state index contributed by atoms with van der Waals surface area (Å²) >= 11 is 0. The molecule has 0 rings (SSSR count). The standard InChI is InChI=1S/Al.BH2P.Zr.2H/c;1-2;;;/h;2H2;;;. The SMILES string of the molecule is [AlH2].[B]P.[Zr]. The first kappa shape index (κ1) is 16.8. The second kappa shape index (κ2) is 20.6. The predicted molar refractivity (Wildman–Crippen MR) is 24.0 cm³/mol. The van der Waals surface area contributed by atoms with Crippen LogP contribution in [0, 0.1) is 0 Å². The van der Waals surface area contributed by atoms with Crippen molar-refractivity contribution in [2.75, 3.05) is 0 Å². The van der Waals surface area contributed by atoms with Crippen molar-refractivity contribution in [1.82, 2.24) is 0 Å². The Bertz CT molecular complexity index is 8.00. The molecule has 0 N–H and O–H groups in total. The van der Waals surface area contributed by atoms with E-state index in [1.165, 1.54) is 0 Å². The van der Waals surface area contributed by atoms with Gasteiger partial charge in [0.05, 0.1) is 7.57 Å². The molecule has 1 atom stereocenters. The summed E-state index contributed by atoms with van der Waals surface area (Å²) in [6, 6.07) is 0. The van der Waals surface area contributed by atoms with Gasteiger partial charge in [-0.05, 0) is 0 Å². The minimum absolute atomic E-state index is 0. The zero-order valence-corrected chi connectivity index (χ0v) is 8.27. The fraction of sp³-hybridized carbons (Fsp3) is 0. The Hall–Kier alpha value is 1.91. The second-order valence-corrected chi connectivity index (χ2v) is 0. The Morgan fingerprint density at radius 2 is 1.25 bits per heavy atom. The minimum Gasteiger partial charge on any atom is -0.187 e. The maximum atomic E-state index is 4.42. The van der Waals surface area contributed by atoms with E-state index < -0.39 is 0 Å². The van der Waals surface area contributed by atoms with Crippen LogP contribution in [0.15, 0.2) is 0 Å². The Balaban J connectivity index is -0.00000000500. The molecule has 4 heavy (non-hydrogen) atoms. The molecule has 0 saturated heterocycles. The summed E-state index contributed by atoms with van der Waals surface area (Å²) < 4.78 is 0. The van der Waals surface area contributed by atoms with E-state index in [-0.39, 0.29) is 43.6 Å². The molecule has 0 saturated carbocycles. The van der Waals surface area contributed by atoms with E-state index in [2.05, 4.69) is 7.57 Å². The first-order valence-corrected chi connectivity index (χ1v) is 1.00. The van der Waals surface area contributed by atoms with E-state index in [0.29, 0.717) is 0 Å². The van der Waals surface area contributed by atoms with E-state index in [9.17, 15) is 0 Å². The molecule has 0 aromatic rings. The molecule has 0 aliphatic carbocycles. The van der Waals surface area contributed by atoms with Crippen molar-refractivity contribution < 1.29 is 26.2 Å². The van der Waals surface area contributed by atoms with Crippen LogP contribution in [-0.2, 0) is 26.2 Å². The van der Waals surface area contributed by atoms with Crippen LogP contribution in [0.3, 0.4) is 0 Å². The van der Waals surface area contributed by atoms with E-state index in [4.69, 9.17) is 0 Å². The van der Waals surface area contributed by atoms with Crippen molar-refractivity contribution >= 4 is 34.0 Å². The van der Waals surface area contributed by atoms with Gasteiger partial charge >= 0.3 is 0 Å².